The molecular weight excluding hydrogens is 574 g/mol. The van der Waals surface area contributed by atoms with E-state index in [4.69, 9.17) is 0 Å². The summed E-state index contributed by atoms with van der Waals surface area (Å²) >= 11 is 7.62. The Morgan fingerprint density at radius 1 is 1.02 bits per heavy atom. The fourth-order valence-corrected chi connectivity index (χ4v) is 2.51. The molecular formula is C30H61N5O5S2. The van der Waals surface area contributed by atoms with Crippen LogP contribution < -0.4 is 16.0 Å². The number of aldehydes is 3. The number of hydrogen-bond donors (Lipinski definition) is 5. The van der Waals surface area contributed by atoms with Crippen molar-refractivity contribution in [2.45, 2.75) is 97.7 Å². The zero-order chi connectivity index (χ0) is 33.7. The Morgan fingerprint density at radius 2 is 1.55 bits per heavy atom. The van der Waals surface area contributed by atoms with Crippen molar-refractivity contribution in [2.24, 2.45) is 5.92 Å². The summed E-state index contributed by atoms with van der Waals surface area (Å²) in [5.41, 5.74) is 0.300. The van der Waals surface area contributed by atoms with Crippen LogP contribution in [0.2, 0.25) is 0 Å². The summed E-state index contributed by atoms with van der Waals surface area (Å²) < 4.78 is 1.48. The predicted molar refractivity (Wildman–Crippen MR) is 182 cm³/mol. The molecule has 0 bridgehead atoms. The molecule has 0 saturated heterocycles. The first-order chi connectivity index (χ1) is 19.6. The first kappa shape index (κ1) is 47.2. The van der Waals surface area contributed by atoms with E-state index in [0.717, 1.165) is 56.9 Å². The highest BCUT2D eigenvalue weighted by Crippen LogP contribution is 2.26. The fraction of sp³-hybridized carbons (Fsp3) is 0.767. The molecule has 1 fully saturated rings. The number of rotatable bonds is 15. The number of allylic oxidation sites excluding steroid dienone is 2. The van der Waals surface area contributed by atoms with Gasteiger partial charge in [0.25, 0.3) is 0 Å². The van der Waals surface area contributed by atoms with Gasteiger partial charge in [-0.15, -0.1) is 0 Å². The van der Waals surface area contributed by atoms with Gasteiger partial charge in [-0.05, 0) is 99.3 Å². The molecule has 248 valence electrons. The molecule has 1 rings (SSSR count). The Labute approximate surface area is 267 Å². The summed E-state index contributed by atoms with van der Waals surface area (Å²) in [6.07, 6.45) is 11.9. The lowest BCUT2D eigenvalue weighted by atomic mass is 10.0. The minimum absolute atomic E-state index is 0.0869. The normalized spacial score (nSPS) is 12.8. The second kappa shape index (κ2) is 30.7. The van der Waals surface area contributed by atoms with E-state index in [2.05, 4.69) is 62.2 Å². The number of nitrogens with one attached hydrogen (secondary N) is 3. The van der Waals surface area contributed by atoms with Gasteiger partial charge >= 0.3 is 0 Å². The van der Waals surface area contributed by atoms with Gasteiger partial charge in [0.05, 0.1) is 18.6 Å². The van der Waals surface area contributed by atoms with Gasteiger partial charge in [-0.1, -0.05) is 45.6 Å². The van der Waals surface area contributed by atoms with E-state index in [1.54, 1.807) is 47.2 Å². The van der Waals surface area contributed by atoms with Crippen LogP contribution in [0.5, 0.6) is 0 Å². The minimum atomic E-state index is -0.996. The Morgan fingerprint density at radius 3 is 1.83 bits per heavy atom. The largest absolute Gasteiger partial charge is 0.354 e. The smallest absolute Gasteiger partial charge is 0.245 e. The summed E-state index contributed by atoms with van der Waals surface area (Å²) in [6.45, 7) is 12.7. The van der Waals surface area contributed by atoms with E-state index >= 15 is 0 Å². The number of amides is 2. The maximum absolute atomic E-state index is 12.2. The molecule has 0 heterocycles. The monoisotopic (exact) mass is 635 g/mol. The lowest BCUT2D eigenvalue weighted by Crippen LogP contribution is -2.57. The first-order valence-corrected chi connectivity index (χ1v) is 15.7. The van der Waals surface area contributed by atoms with Crippen LogP contribution in [0.3, 0.4) is 0 Å². The van der Waals surface area contributed by atoms with Crippen molar-refractivity contribution in [3.63, 3.8) is 0 Å². The summed E-state index contributed by atoms with van der Waals surface area (Å²) in [6, 6.07) is -0.525. The second-order valence-corrected chi connectivity index (χ2v) is 11.4. The molecule has 2 amide bonds. The molecule has 0 aliphatic heterocycles. The molecule has 0 aromatic rings. The first-order valence-electron chi connectivity index (χ1n) is 14.4. The second-order valence-electron chi connectivity index (χ2n) is 10.8. The lowest BCUT2D eigenvalue weighted by Gasteiger charge is -2.28. The molecule has 42 heavy (non-hydrogen) atoms. The van der Waals surface area contributed by atoms with E-state index in [1.807, 2.05) is 19.0 Å². The van der Waals surface area contributed by atoms with Crippen molar-refractivity contribution in [1.82, 2.24) is 25.2 Å². The van der Waals surface area contributed by atoms with E-state index in [0.29, 0.717) is 13.1 Å². The maximum atomic E-state index is 12.2. The van der Waals surface area contributed by atoms with Crippen LogP contribution in [-0.4, -0.2) is 105 Å². The van der Waals surface area contributed by atoms with Crippen molar-refractivity contribution in [2.75, 3.05) is 47.5 Å². The van der Waals surface area contributed by atoms with Gasteiger partial charge < -0.3 is 30.4 Å². The van der Waals surface area contributed by atoms with Gasteiger partial charge in [-0.25, -0.2) is 4.31 Å². The number of carbonyl (C=O) groups is 5. The minimum Gasteiger partial charge on any atom is -0.354 e. The molecule has 1 unspecified atom stereocenters. The summed E-state index contributed by atoms with van der Waals surface area (Å²) in [4.78, 5) is 56.0. The molecule has 10 nitrogen and oxygen atoms in total. The van der Waals surface area contributed by atoms with E-state index in [9.17, 15) is 24.0 Å². The number of hydrogen-bond acceptors (Lipinski definition) is 10. The lowest BCUT2D eigenvalue weighted by molar-refractivity contribution is -0.133. The Bertz CT molecular complexity index is 742. The highest BCUT2D eigenvalue weighted by molar-refractivity contribution is 7.79. The zero-order valence-corrected chi connectivity index (χ0v) is 29.8. The highest BCUT2D eigenvalue weighted by Gasteiger charge is 2.31. The summed E-state index contributed by atoms with van der Waals surface area (Å²) in [7, 11) is 7.15. The number of carbonyl (C=O) groups excluding carboxylic acids is 5. The Hall–Kier alpha value is -1.73. The molecule has 0 aromatic carbocycles. The van der Waals surface area contributed by atoms with Gasteiger partial charge in [-0.3, -0.25) is 14.4 Å². The number of likely N-dealkylation sites (N-methyl/N-ethyl adjacent to an activating group) is 3. The molecule has 2 atom stereocenters. The third-order valence-electron chi connectivity index (χ3n) is 5.92. The highest BCUT2D eigenvalue weighted by atomic mass is 32.1. The average molecular weight is 636 g/mol. The van der Waals surface area contributed by atoms with E-state index < -0.39 is 11.6 Å². The van der Waals surface area contributed by atoms with Gasteiger partial charge in [0, 0.05) is 6.54 Å². The van der Waals surface area contributed by atoms with Crippen LogP contribution in [-0.2, 0) is 24.0 Å². The van der Waals surface area contributed by atoms with Crippen molar-refractivity contribution in [1.29, 1.82) is 0 Å². The van der Waals surface area contributed by atoms with Gasteiger partial charge in [0.1, 0.15) is 24.4 Å². The van der Waals surface area contributed by atoms with Crippen molar-refractivity contribution >= 4 is 56.1 Å². The molecule has 0 spiro atoms. The third-order valence-corrected chi connectivity index (χ3v) is 6.27. The molecule has 3 N–H and O–H groups in total. The number of nitrogens with zero attached hydrogens (tertiary/aromatic N) is 2. The van der Waals surface area contributed by atoms with Gasteiger partial charge in [-0.2, -0.15) is 12.6 Å². The molecule has 0 aromatic heterocycles. The predicted octanol–water partition coefficient (Wildman–Crippen LogP) is 3.37. The molecule has 12 heteroatoms. The topological polar surface area (TPSA) is 128 Å². The Balaban J connectivity index is -0.000000320. The Kier molecular flexibility index (Phi) is 34.5. The van der Waals surface area contributed by atoms with E-state index in [1.165, 1.54) is 16.3 Å². The summed E-state index contributed by atoms with van der Waals surface area (Å²) in [5.74, 6) is 0.395. The van der Waals surface area contributed by atoms with Crippen LogP contribution in [0.4, 0.5) is 0 Å². The van der Waals surface area contributed by atoms with Crippen LogP contribution in [0, 0.1) is 5.92 Å². The molecule has 1 saturated carbocycles. The number of thiol groups is 2. The molecule has 1 aliphatic rings. The molecule has 0 radical (unpaired) electrons. The van der Waals surface area contributed by atoms with Crippen molar-refractivity contribution in [3.05, 3.63) is 11.6 Å². The fourth-order valence-electron chi connectivity index (χ4n) is 2.41. The maximum Gasteiger partial charge on any atom is 0.245 e. The van der Waals surface area contributed by atoms with Crippen LogP contribution >= 0.6 is 25.4 Å². The summed E-state index contributed by atoms with van der Waals surface area (Å²) in [5, 5.41) is 8.20. The number of unbranched alkanes of at least 4 members (excludes halogenated alkanes) is 1. The van der Waals surface area contributed by atoms with Crippen LogP contribution in [0.15, 0.2) is 11.6 Å². The van der Waals surface area contributed by atoms with Crippen LogP contribution in [0.1, 0.15) is 80.1 Å². The third kappa shape index (κ3) is 31.2. The average Bonchev–Trinajstić information content (AvgIpc) is 3.76. The van der Waals surface area contributed by atoms with E-state index in [-0.39, 0.29) is 17.9 Å². The SMILES string of the molecule is CCC(C)C.CNCC=O.CS.C[C@@H](C(=O)NC(C)(C)C(=O)NCCCCC(C=O)N(C)C)N(C)S.O=CC=C1CC1. The zero-order valence-electron chi connectivity index (χ0n) is 28.0. The van der Waals surface area contributed by atoms with Crippen LogP contribution in [0.25, 0.3) is 0 Å². The standard InChI is InChI=1S/C16H32N4O3S.C5H6O.C5H12.C3H7NO.CH4S/c1-12(20(6)24)14(22)18-16(2,3)15(23)17-10-8-7-9-13(11-21)19(4)5;6-4-3-5-1-2-5;1-4-5(2)3;1-4-2-3-5;1-2/h11-13,24H,7-10H2,1-6H3,(H,17,23)(H,18,22);3-4H,1-2H2;5H,4H2,1-3H3;3-4H,2H2,1H3;2H,1H3/t12-,13?;;;;/m0..../s1. The molecule has 1 aliphatic carbocycles. The van der Waals surface area contributed by atoms with Gasteiger partial charge in [0.15, 0.2) is 0 Å². The van der Waals surface area contributed by atoms with Gasteiger partial charge in [0.2, 0.25) is 11.8 Å². The van der Waals surface area contributed by atoms with Crippen molar-refractivity contribution < 1.29 is 24.0 Å². The van der Waals surface area contributed by atoms with Crippen molar-refractivity contribution in [3.8, 4) is 0 Å². The quantitative estimate of drug-likeness (QED) is 0.0803.